The van der Waals surface area contributed by atoms with Gasteiger partial charge in [-0.25, -0.2) is 9.97 Å². The van der Waals surface area contributed by atoms with E-state index in [1.807, 2.05) is 24.3 Å². The molecule has 0 atom stereocenters. The zero-order valence-electron chi connectivity index (χ0n) is 9.17. The molecule has 2 rings (SSSR count). The normalized spacial score (nSPS) is 11.0. The van der Waals surface area contributed by atoms with E-state index in [9.17, 15) is 0 Å². The van der Waals surface area contributed by atoms with E-state index in [0.717, 1.165) is 0 Å². The Morgan fingerprint density at radius 1 is 1.12 bits per heavy atom. The van der Waals surface area contributed by atoms with E-state index in [2.05, 4.69) is 15.3 Å². The molecule has 6 heteroatoms. The number of nitrogens with two attached hydrogens (primary N) is 1. The monoisotopic (exact) mass is 234 g/mol. The van der Waals surface area contributed by atoms with Crippen molar-refractivity contribution in [2.45, 2.75) is 6.04 Å². The summed E-state index contributed by atoms with van der Waals surface area (Å²) in [5.74, 6) is 0.618. The van der Waals surface area contributed by atoms with Gasteiger partial charge in [0.1, 0.15) is 0 Å². The topological polar surface area (TPSA) is 104 Å². The number of rotatable bonds is 4. The lowest BCUT2D eigenvalue weighted by Crippen LogP contribution is -2.28. The maximum Gasteiger partial charge on any atom is 0.169 e. The van der Waals surface area contributed by atoms with E-state index in [4.69, 9.17) is 15.9 Å². The van der Waals surface area contributed by atoms with Crippen LogP contribution >= 0.6 is 0 Å². The van der Waals surface area contributed by atoms with Gasteiger partial charge >= 0.3 is 0 Å². The number of nitrogens with one attached hydrogen (secondary N) is 1. The highest BCUT2D eigenvalue weighted by atomic mass is 16.3. The fraction of sp³-hybridized carbons (Fsp3) is 0.273. The molecule has 0 saturated carbocycles. The van der Waals surface area contributed by atoms with Gasteiger partial charge in [0.15, 0.2) is 11.6 Å². The lowest BCUT2D eigenvalue weighted by Gasteiger charge is -2.15. The summed E-state index contributed by atoms with van der Waals surface area (Å²) in [6.45, 7) is -0.408. The number of nitrogens with zero attached hydrogens (tertiary/aromatic N) is 2. The largest absolute Gasteiger partial charge is 0.394 e. The third-order valence-corrected chi connectivity index (χ3v) is 2.38. The number of anilines is 2. The number of nitrogen functional groups attached to an aromatic ring is 1. The van der Waals surface area contributed by atoms with Crippen LogP contribution in [-0.4, -0.2) is 39.4 Å². The molecule has 0 amide bonds. The van der Waals surface area contributed by atoms with Crippen molar-refractivity contribution in [3.8, 4) is 0 Å². The maximum atomic E-state index is 8.98. The van der Waals surface area contributed by atoms with E-state index in [-0.39, 0.29) is 19.0 Å². The molecule has 90 valence electrons. The van der Waals surface area contributed by atoms with Gasteiger partial charge < -0.3 is 21.3 Å². The van der Waals surface area contributed by atoms with Crippen molar-refractivity contribution in [3.05, 3.63) is 24.3 Å². The first kappa shape index (κ1) is 11.6. The summed E-state index contributed by atoms with van der Waals surface area (Å²) in [5, 5.41) is 20.8. The molecule has 0 saturated heterocycles. The van der Waals surface area contributed by atoms with Crippen LogP contribution in [0.3, 0.4) is 0 Å². The van der Waals surface area contributed by atoms with Gasteiger partial charge in [0, 0.05) is 0 Å². The number of para-hydroxylation sites is 2. The molecule has 1 heterocycles. The van der Waals surface area contributed by atoms with E-state index in [1.165, 1.54) is 0 Å². The van der Waals surface area contributed by atoms with Crippen LogP contribution in [0.15, 0.2) is 24.3 Å². The van der Waals surface area contributed by atoms with E-state index >= 15 is 0 Å². The number of aliphatic hydroxyl groups excluding tert-OH is 2. The summed E-state index contributed by atoms with van der Waals surface area (Å²) in [6, 6.07) is 6.85. The lowest BCUT2D eigenvalue weighted by molar-refractivity contribution is 0.203. The van der Waals surface area contributed by atoms with Crippen molar-refractivity contribution in [2.75, 3.05) is 24.3 Å². The van der Waals surface area contributed by atoms with Crippen molar-refractivity contribution in [1.82, 2.24) is 9.97 Å². The van der Waals surface area contributed by atoms with Crippen molar-refractivity contribution in [2.24, 2.45) is 0 Å². The molecule has 2 aromatic rings. The van der Waals surface area contributed by atoms with Crippen LogP contribution in [0.2, 0.25) is 0 Å². The Bertz CT molecular complexity index is 514. The molecule has 0 aliphatic heterocycles. The Balaban J connectivity index is 2.37. The molecule has 0 radical (unpaired) electrons. The van der Waals surface area contributed by atoms with Crippen LogP contribution in [0, 0.1) is 0 Å². The SMILES string of the molecule is Nc1nc2ccccc2nc1NC(CO)CO. The molecule has 0 spiro atoms. The van der Waals surface area contributed by atoms with Crippen LogP contribution < -0.4 is 11.1 Å². The third-order valence-electron chi connectivity index (χ3n) is 2.38. The second-order valence-electron chi connectivity index (χ2n) is 3.65. The van der Waals surface area contributed by atoms with Crippen molar-refractivity contribution in [1.29, 1.82) is 0 Å². The highest BCUT2D eigenvalue weighted by Gasteiger charge is 2.10. The smallest absolute Gasteiger partial charge is 0.169 e. The quantitative estimate of drug-likeness (QED) is 0.592. The minimum atomic E-state index is -0.493. The first-order chi connectivity index (χ1) is 8.24. The Morgan fingerprint density at radius 3 is 2.29 bits per heavy atom. The summed E-state index contributed by atoms with van der Waals surface area (Å²) in [7, 11) is 0. The van der Waals surface area contributed by atoms with Crippen LogP contribution in [0.25, 0.3) is 11.0 Å². The standard InChI is InChI=1S/C11H14N4O2/c12-10-11(13-7(5-16)6-17)15-9-4-2-1-3-8(9)14-10/h1-4,7,16-17H,5-6H2,(H2,12,14)(H,13,15). The molecular weight excluding hydrogens is 220 g/mol. The Hall–Kier alpha value is -1.92. The Morgan fingerprint density at radius 2 is 1.71 bits per heavy atom. The van der Waals surface area contributed by atoms with Gasteiger partial charge in [0.2, 0.25) is 0 Å². The first-order valence-electron chi connectivity index (χ1n) is 5.25. The van der Waals surface area contributed by atoms with E-state index in [1.54, 1.807) is 0 Å². The Kier molecular flexibility index (Phi) is 3.36. The molecular formula is C11H14N4O2. The number of fused-ring (bicyclic) bond motifs is 1. The average molecular weight is 234 g/mol. The van der Waals surface area contributed by atoms with Gasteiger partial charge in [0.25, 0.3) is 0 Å². The van der Waals surface area contributed by atoms with E-state index in [0.29, 0.717) is 16.9 Å². The molecule has 1 aromatic carbocycles. The second kappa shape index (κ2) is 4.94. The highest BCUT2D eigenvalue weighted by molar-refractivity contribution is 5.79. The summed E-state index contributed by atoms with van der Waals surface area (Å²) >= 11 is 0. The van der Waals surface area contributed by atoms with Crippen molar-refractivity contribution < 1.29 is 10.2 Å². The predicted octanol–water partition coefficient (Wildman–Crippen LogP) is -0.0229. The number of hydrogen-bond acceptors (Lipinski definition) is 6. The number of aliphatic hydroxyl groups is 2. The van der Waals surface area contributed by atoms with Gasteiger partial charge in [-0.2, -0.15) is 0 Å². The Labute approximate surface area is 98.1 Å². The summed E-state index contributed by atoms with van der Waals surface area (Å²) < 4.78 is 0. The van der Waals surface area contributed by atoms with Crippen molar-refractivity contribution in [3.63, 3.8) is 0 Å². The maximum absolute atomic E-state index is 8.98. The molecule has 6 nitrogen and oxygen atoms in total. The predicted molar refractivity (Wildman–Crippen MR) is 65.5 cm³/mol. The fourth-order valence-electron chi connectivity index (χ4n) is 1.46. The zero-order chi connectivity index (χ0) is 12.3. The molecule has 5 N–H and O–H groups in total. The van der Waals surface area contributed by atoms with Crippen molar-refractivity contribution >= 4 is 22.7 Å². The number of aromatic nitrogens is 2. The summed E-state index contributed by atoms with van der Waals surface area (Å²) in [5.41, 5.74) is 7.16. The minimum absolute atomic E-state index is 0.204. The number of benzene rings is 1. The van der Waals surface area contributed by atoms with Gasteiger partial charge in [-0.05, 0) is 12.1 Å². The lowest BCUT2D eigenvalue weighted by atomic mass is 10.3. The molecule has 1 aromatic heterocycles. The molecule has 17 heavy (non-hydrogen) atoms. The molecule has 0 aliphatic rings. The molecule has 0 bridgehead atoms. The van der Waals surface area contributed by atoms with Gasteiger partial charge in [-0.3, -0.25) is 0 Å². The van der Waals surface area contributed by atoms with Gasteiger partial charge in [0.05, 0.1) is 30.3 Å². The average Bonchev–Trinajstić information content (AvgIpc) is 2.36. The summed E-state index contributed by atoms with van der Waals surface area (Å²) in [4.78, 5) is 8.48. The fourth-order valence-corrected chi connectivity index (χ4v) is 1.46. The molecule has 0 fully saturated rings. The highest BCUT2D eigenvalue weighted by Crippen LogP contribution is 2.18. The summed E-state index contributed by atoms with van der Waals surface area (Å²) in [6.07, 6.45) is 0. The number of hydrogen-bond donors (Lipinski definition) is 4. The minimum Gasteiger partial charge on any atom is -0.394 e. The van der Waals surface area contributed by atoms with Gasteiger partial charge in [-0.15, -0.1) is 0 Å². The van der Waals surface area contributed by atoms with Crippen LogP contribution in [0.5, 0.6) is 0 Å². The van der Waals surface area contributed by atoms with Crippen LogP contribution in [0.1, 0.15) is 0 Å². The first-order valence-corrected chi connectivity index (χ1v) is 5.25. The van der Waals surface area contributed by atoms with Crippen LogP contribution in [0.4, 0.5) is 11.6 Å². The zero-order valence-corrected chi connectivity index (χ0v) is 9.17. The van der Waals surface area contributed by atoms with Crippen LogP contribution in [-0.2, 0) is 0 Å². The molecule has 0 unspecified atom stereocenters. The molecule has 0 aliphatic carbocycles. The van der Waals surface area contributed by atoms with Gasteiger partial charge in [-0.1, -0.05) is 12.1 Å². The van der Waals surface area contributed by atoms with E-state index < -0.39 is 6.04 Å². The third kappa shape index (κ3) is 2.43. The second-order valence-corrected chi connectivity index (χ2v) is 3.65.